The van der Waals surface area contributed by atoms with Crippen LogP contribution in [0.5, 0.6) is 0 Å². The predicted octanol–water partition coefficient (Wildman–Crippen LogP) is 1.88. The highest BCUT2D eigenvalue weighted by molar-refractivity contribution is 5.94. The minimum atomic E-state index is -0.556. The van der Waals surface area contributed by atoms with Crippen LogP contribution in [0.1, 0.15) is 36.7 Å². The fourth-order valence-corrected chi connectivity index (χ4v) is 1.72. The Bertz CT molecular complexity index is 433. The smallest absolute Gasteiger partial charge is 0.251 e. The molecule has 2 N–H and O–H groups in total. The van der Waals surface area contributed by atoms with Crippen LogP contribution in [0, 0.1) is 5.41 Å². The third-order valence-corrected chi connectivity index (χ3v) is 3.17. The Labute approximate surface area is 121 Å². The van der Waals surface area contributed by atoms with E-state index in [0.29, 0.717) is 5.56 Å². The molecule has 0 aliphatic carbocycles. The molecular weight excluding hydrogens is 252 g/mol. The van der Waals surface area contributed by atoms with Gasteiger partial charge in [-0.25, -0.2) is 0 Å². The summed E-state index contributed by atoms with van der Waals surface area (Å²) in [6, 6.07) is 7.54. The summed E-state index contributed by atoms with van der Waals surface area (Å²) < 4.78 is 0. The molecule has 0 aliphatic heterocycles. The van der Waals surface area contributed by atoms with Crippen molar-refractivity contribution in [2.45, 2.75) is 33.4 Å². The summed E-state index contributed by atoms with van der Waals surface area (Å²) in [6.45, 7) is 6.95. The van der Waals surface area contributed by atoms with E-state index in [2.05, 4.69) is 10.2 Å². The molecule has 20 heavy (non-hydrogen) atoms. The zero-order valence-electron chi connectivity index (χ0n) is 13.1. The van der Waals surface area contributed by atoms with Crippen LogP contribution in [0.25, 0.3) is 0 Å². The first-order chi connectivity index (χ1) is 9.20. The van der Waals surface area contributed by atoms with E-state index < -0.39 is 6.10 Å². The number of aliphatic hydroxyl groups is 1. The standard InChI is InChI=1S/C16H26N2O2/c1-16(2,3)14(19)10-17-15(20)13-8-6-12(7-9-13)11-18(4)5/h6-9,14,19H,10-11H2,1-5H3,(H,17,20). The van der Waals surface area contributed by atoms with Gasteiger partial charge in [0.25, 0.3) is 5.91 Å². The fraction of sp³-hybridized carbons (Fsp3) is 0.562. The number of benzene rings is 1. The van der Waals surface area contributed by atoms with Gasteiger partial charge >= 0.3 is 0 Å². The van der Waals surface area contributed by atoms with Crippen molar-refractivity contribution in [2.75, 3.05) is 20.6 Å². The predicted molar refractivity (Wildman–Crippen MR) is 81.6 cm³/mol. The van der Waals surface area contributed by atoms with Crippen LogP contribution in [0.4, 0.5) is 0 Å². The highest BCUT2D eigenvalue weighted by Crippen LogP contribution is 2.18. The van der Waals surface area contributed by atoms with E-state index in [1.807, 2.05) is 59.1 Å². The van der Waals surface area contributed by atoms with Gasteiger partial charge in [0.1, 0.15) is 0 Å². The third kappa shape index (κ3) is 5.31. The molecule has 4 heteroatoms. The Morgan fingerprint density at radius 1 is 1.25 bits per heavy atom. The molecule has 1 rings (SSSR count). The lowest BCUT2D eigenvalue weighted by Crippen LogP contribution is -2.39. The minimum Gasteiger partial charge on any atom is -0.391 e. The molecule has 112 valence electrons. The largest absolute Gasteiger partial charge is 0.391 e. The van der Waals surface area contributed by atoms with Gasteiger partial charge in [0.15, 0.2) is 0 Å². The maximum Gasteiger partial charge on any atom is 0.251 e. The molecule has 0 aliphatic rings. The first-order valence-corrected chi connectivity index (χ1v) is 6.90. The summed E-state index contributed by atoms with van der Waals surface area (Å²) in [5, 5.41) is 12.7. The van der Waals surface area contributed by atoms with Gasteiger partial charge in [-0.2, -0.15) is 0 Å². The van der Waals surface area contributed by atoms with Gasteiger partial charge in [-0.3, -0.25) is 4.79 Å². The second kappa shape index (κ2) is 6.86. The van der Waals surface area contributed by atoms with Crippen molar-refractivity contribution in [1.29, 1.82) is 0 Å². The number of carbonyl (C=O) groups is 1. The molecule has 0 aromatic heterocycles. The van der Waals surface area contributed by atoms with Crippen LogP contribution in [-0.4, -0.2) is 42.7 Å². The molecule has 1 amide bonds. The molecule has 0 saturated carbocycles. The number of hydrogen-bond acceptors (Lipinski definition) is 3. The molecule has 0 radical (unpaired) electrons. The van der Waals surface area contributed by atoms with E-state index in [0.717, 1.165) is 6.54 Å². The molecular formula is C16H26N2O2. The lowest BCUT2D eigenvalue weighted by molar-refractivity contribution is 0.0587. The Hall–Kier alpha value is -1.39. The summed E-state index contributed by atoms with van der Waals surface area (Å²) in [4.78, 5) is 14.1. The zero-order valence-corrected chi connectivity index (χ0v) is 13.1. The minimum absolute atomic E-state index is 0.148. The van der Waals surface area contributed by atoms with Crippen molar-refractivity contribution in [3.05, 3.63) is 35.4 Å². The van der Waals surface area contributed by atoms with E-state index in [-0.39, 0.29) is 17.9 Å². The lowest BCUT2D eigenvalue weighted by atomic mass is 9.89. The number of hydrogen-bond donors (Lipinski definition) is 2. The van der Waals surface area contributed by atoms with Crippen molar-refractivity contribution in [3.63, 3.8) is 0 Å². The Kier molecular flexibility index (Phi) is 5.72. The number of nitrogens with zero attached hydrogens (tertiary/aromatic N) is 1. The highest BCUT2D eigenvalue weighted by Gasteiger charge is 2.22. The summed E-state index contributed by atoms with van der Waals surface area (Å²) in [6.07, 6.45) is -0.556. The molecule has 1 unspecified atom stereocenters. The van der Waals surface area contributed by atoms with Crippen molar-refractivity contribution in [2.24, 2.45) is 5.41 Å². The molecule has 0 spiro atoms. The van der Waals surface area contributed by atoms with Crippen LogP contribution in [0.15, 0.2) is 24.3 Å². The Morgan fingerprint density at radius 3 is 2.25 bits per heavy atom. The van der Waals surface area contributed by atoms with Gasteiger partial charge in [-0.15, -0.1) is 0 Å². The first-order valence-electron chi connectivity index (χ1n) is 6.90. The van der Waals surface area contributed by atoms with Gasteiger partial charge in [-0.05, 0) is 37.2 Å². The number of amides is 1. The zero-order chi connectivity index (χ0) is 15.3. The summed E-state index contributed by atoms with van der Waals surface area (Å²) in [7, 11) is 4.02. The lowest BCUT2D eigenvalue weighted by Gasteiger charge is -2.25. The van der Waals surface area contributed by atoms with Crippen molar-refractivity contribution >= 4 is 5.91 Å². The number of carbonyl (C=O) groups excluding carboxylic acids is 1. The molecule has 0 heterocycles. The van der Waals surface area contributed by atoms with Crippen LogP contribution in [-0.2, 0) is 6.54 Å². The second-order valence-electron chi connectivity index (χ2n) is 6.53. The van der Waals surface area contributed by atoms with Crippen molar-refractivity contribution < 1.29 is 9.90 Å². The third-order valence-electron chi connectivity index (χ3n) is 3.17. The van der Waals surface area contributed by atoms with Crippen molar-refractivity contribution in [3.8, 4) is 0 Å². The van der Waals surface area contributed by atoms with E-state index >= 15 is 0 Å². The van der Waals surface area contributed by atoms with Gasteiger partial charge in [0.2, 0.25) is 0 Å². The van der Waals surface area contributed by atoms with Gasteiger partial charge < -0.3 is 15.3 Å². The van der Waals surface area contributed by atoms with E-state index in [9.17, 15) is 9.90 Å². The Morgan fingerprint density at radius 2 is 1.80 bits per heavy atom. The van der Waals surface area contributed by atoms with Crippen LogP contribution >= 0.6 is 0 Å². The Balaban J connectivity index is 2.56. The molecule has 0 bridgehead atoms. The highest BCUT2D eigenvalue weighted by atomic mass is 16.3. The summed E-state index contributed by atoms with van der Waals surface area (Å²) in [5.74, 6) is -0.148. The topological polar surface area (TPSA) is 52.6 Å². The van der Waals surface area contributed by atoms with Crippen LogP contribution in [0.3, 0.4) is 0 Å². The molecule has 1 aromatic carbocycles. The molecule has 1 aromatic rings. The van der Waals surface area contributed by atoms with Crippen LogP contribution < -0.4 is 5.32 Å². The van der Waals surface area contributed by atoms with E-state index in [4.69, 9.17) is 0 Å². The number of rotatable bonds is 5. The monoisotopic (exact) mass is 278 g/mol. The quantitative estimate of drug-likeness (QED) is 0.865. The number of nitrogens with one attached hydrogen (secondary N) is 1. The first kappa shape index (κ1) is 16.7. The van der Waals surface area contributed by atoms with Gasteiger partial charge in [-0.1, -0.05) is 32.9 Å². The maximum atomic E-state index is 12.0. The average molecular weight is 278 g/mol. The second-order valence-corrected chi connectivity index (χ2v) is 6.53. The average Bonchev–Trinajstić information content (AvgIpc) is 2.34. The SMILES string of the molecule is CN(C)Cc1ccc(C(=O)NCC(O)C(C)(C)C)cc1. The molecule has 0 saturated heterocycles. The molecule has 1 atom stereocenters. The maximum absolute atomic E-state index is 12.0. The number of aliphatic hydroxyl groups excluding tert-OH is 1. The van der Waals surface area contributed by atoms with Crippen molar-refractivity contribution in [1.82, 2.24) is 10.2 Å². The fourth-order valence-electron chi connectivity index (χ4n) is 1.72. The van der Waals surface area contributed by atoms with Gasteiger partial charge in [0.05, 0.1) is 6.10 Å². The molecule has 4 nitrogen and oxygen atoms in total. The van der Waals surface area contributed by atoms with E-state index in [1.54, 1.807) is 0 Å². The normalized spacial score (nSPS) is 13.3. The van der Waals surface area contributed by atoms with Crippen LogP contribution in [0.2, 0.25) is 0 Å². The van der Waals surface area contributed by atoms with E-state index in [1.165, 1.54) is 5.56 Å². The molecule has 0 fully saturated rings. The summed E-state index contributed by atoms with van der Waals surface area (Å²) in [5.41, 5.74) is 1.55. The summed E-state index contributed by atoms with van der Waals surface area (Å²) >= 11 is 0. The van der Waals surface area contributed by atoms with Gasteiger partial charge in [0, 0.05) is 18.7 Å².